The summed E-state index contributed by atoms with van der Waals surface area (Å²) in [6, 6.07) is 10.3. The van der Waals surface area contributed by atoms with E-state index in [2.05, 4.69) is 27.4 Å². The van der Waals surface area contributed by atoms with E-state index in [1.165, 1.54) is 16.3 Å². The first-order chi connectivity index (χ1) is 14.5. The monoisotopic (exact) mass is 408 g/mol. The van der Waals surface area contributed by atoms with E-state index in [1.54, 1.807) is 0 Å². The molecule has 0 saturated carbocycles. The van der Waals surface area contributed by atoms with Crippen LogP contribution >= 0.6 is 0 Å². The van der Waals surface area contributed by atoms with Crippen molar-refractivity contribution >= 4 is 11.6 Å². The number of rotatable bonds is 6. The molecule has 3 heterocycles. The minimum Gasteiger partial charge on any atom is -0.351 e. The second-order valence-electron chi connectivity index (χ2n) is 8.09. The van der Waals surface area contributed by atoms with Gasteiger partial charge in [-0.15, -0.1) is 0 Å². The van der Waals surface area contributed by atoms with E-state index in [0.717, 1.165) is 37.3 Å². The molecule has 4 rings (SSSR count). The van der Waals surface area contributed by atoms with Crippen LogP contribution < -0.4 is 10.9 Å². The van der Waals surface area contributed by atoms with Crippen LogP contribution in [0.25, 0.3) is 5.65 Å². The minimum absolute atomic E-state index is 0.136. The maximum Gasteiger partial charge on any atom is 0.279 e. The number of nitrogens with one attached hydrogen (secondary N) is 1. The highest BCUT2D eigenvalue weighted by atomic mass is 16.2. The molecule has 1 aliphatic rings. The molecule has 30 heavy (non-hydrogen) atoms. The third-order valence-electron chi connectivity index (χ3n) is 5.65. The molecule has 8 heteroatoms. The predicted octanol–water partition coefficient (Wildman–Crippen LogP) is 0.883. The Balaban J connectivity index is 1.62. The fourth-order valence-electron chi connectivity index (χ4n) is 4.06. The lowest BCUT2D eigenvalue weighted by atomic mass is 10.1. The van der Waals surface area contributed by atoms with Crippen LogP contribution in [0.15, 0.2) is 41.3 Å². The SMILES string of the molecule is CN(C)CCNC(=O)c1cnn2c(=O)c3c(n(C)c12)CCN(Cc1ccccc1)C3. The molecule has 1 N–H and O–H groups in total. The average molecular weight is 409 g/mol. The molecule has 1 aliphatic heterocycles. The molecule has 1 aromatic carbocycles. The van der Waals surface area contributed by atoms with Crippen LogP contribution in [0.4, 0.5) is 0 Å². The van der Waals surface area contributed by atoms with E-state index < -0.39 is 0 Å². The van der Waals surface area contributed by atoms with Crippen molar-refractivity contribution in [2.24, 2.45) is 7.05 Å². The van der Waals surface area contributed by atoms with E-state index in [1.807, 2.05) is 48.8 Å². The van der Waals surface area contributed by atoms with E-state index in [0.29, 0.717) is 24.3 Å². The first-order valence-electron chi connectivity index (χ1n) is 10.2. The van der Waals surface area contributed by atoms with Crippen molar-refractivity contribution in [3.05, 3.63) is 69.3 Å². The number of aromatic nitrogens is 3. The van der Waals surface area contributed by atoms with Gasteiger partial charge in [0.2, 0.25) is 0 Å². The quantitative estimate of drug-likeness (QED) is 0.656. The Morgan fingerprint density at radius 1 is 1.23 bits per heavy atom. The maximum atomic E-state index is 13.2. The van der Waals surface area contributed by atoms with Gasteiger partial charge in [0.15, 0.2) is 5.65 Å². The summed E-state index contributed by atoms with van der Waals surface area (Å²) in [5, 5.41) is 7.17. The van der Waals surface area contributed by atoms with Crippen LogP contribution in [-0.2, 0) is 26.6 Å². The number of likely N-dealkylation sites (N-methyl/N-ethyl adjacent to an activating group) is 1. The van der Waals surface area contributed by atoms with E-state index in [4.69, 9.17) is 0 Å². The largest absolute Gasteiger partial charge is 0.351 e. The lowest BCUT2D eigenvalue weighted by molar-refractivity contribution is 0.0952. The molecule has 0 saturated heterocycles. The lowest BCUT2D eigenvalue weighted by Gasteiger charge is -2.29. The summed E-state index contributed by atoms with van der Waals surface area (Å²) in [4.78, 5) is 30.2. The van der Waals surface area contributed by atoms with Gasteiger partial charge < -0.3 is 14.8 Å². The Kier molecular flexibility index (Phi) is 5.69. The van der Waals surface area contributed by atoms with Crippen LogP contribution in [0.5, 0.6) is 0 Å². The summed E-state index contributed by atoms with van der Waals surface area (Å²) < 4.78 is 3.33. The van der Waals surface area contributed by atoms with Crippen LogP contribution in [0.1, 0.15) is 27.2 Å². The molecule has 1 amide bonds. The van der Waals surface area contributed by atoms with E-state index >= 15 is 0 Å². The fraction of sp³-hybridized carbons (Fsp3) is 0.409. The lowest BCUT2D eigenvalue weighted by Crippen LogP contribution is -2.38. The number of nitrogens with zero attached hydrogens (tertiary/aromatic N) is 5. The number of fused-ring (bicyclic) bond motifs is 2. The van der Waals surface area contributed by atoms with Crippen LogP contribution in [0.2, 0.25) is 0 Å². The van der Waals surface area contributed by atoms with Crippen molar-refractivity contribution in [1.29, 1.82) is 0 Å². The van der Waals surface area contributed by atoms with E-state index in [-0.39, 0.29) is 11.5 Å². The summed E-state index contributed by atoms with van der Waals surface area (Å²) in [6.45, 7) is 3.54. The third kappa shape index (κ3) is 3.88. The van der Waals surface area contributed by atoms with Gasteiger partial charge in [-0.3, -0.25) is 14.5 Å². The Hall–Kier alpha value is -2.97. The molecule has 158 valence electrons. The summed E-state index contributed by atoms with van der Waals surface area (Å²) in [5.74, 6) is -0.205. The number of hydrogen-bond donors (Lipinski definition) is 1. The normalized spacial score (nSPS) is 14.3. The molecular weight excluding hydrogens is 380 g/mol. The summed E-state index contributed by atoms with van der Waals surface area (Å²) >= 11 is 0. The Bertz CT molecular complexity index is 1120. The first-order valence-corrected chi connectivity index (χ1v) is 10.2. The molecule has 0 fully saturated rings. The molecule has 0 aliphatic carbocycles. The first kappa shape index (κ1) is 20.3. The predicted molar refractivity (Wildman–Crippen MR) is 116 cm³/mol. The number of aryl methyl sites for hydroxylation is 1. The number of hydrogen-bond acceptors (Lipinski definition) is 5. The van der Waals surface area contributed by atoms with Crippen molar-refractivity contribution < 1.29 is 4.79 Å². The summed E-state index contributed by atoms with van der Waals surface area (Å²) in [7, 11) is 5.83. The van der Waals surface area contributed by atoms with Gasteiger partial charge in [0.1, 0.15) is 5.56 Å². The minimum atomic E-state index is -0.205. The second-order valence-corrected chi connectivity index (χ2v) is 8.09. The van der Waals surface area contributed by atoms with Crippen LogP contribution in [-0.4, -0.2) is 63.6 Å². The van der Waals surface area contributed by atoms with Gasteiger partial charge in [-0.05, 0) is 19.7 Å². The molecule has 3 aromatic rings. The highest BCUT2D eigenvalue weighted by Gasteiger charge is 2.26. The highest BCUT2D eigenvalue weighted by Crippen LogP contribution is 2.20. The summed E-state index contributed by atoms with van der Waals surface area (Å²) in [5.41, 5.74) is 3.83. The van der Waals surface area contributed by atoms with Crippen LogP contribution in [0.3, 0.4) is 0 Å². The zero-order valence-electron chi connectivity index (χ0n) is 17.8. The Labute approximate surface area is 175 Å². The Morgan fingerprint density at radius 2 is 2.00 bits per heavy atom. The van der Waals surface area contributed by atoms with Gasteiger partial charge in [0, 0.05) is 51.9 Å². The van der Waals surface area contributed by atoms with Crippen molar-refractivity contribution in [2.45, 2.75) is 19.5 Å². The molecule has 2 aromatic heterocycles. The standard InChI is InChI=1S/C22H28N6O2/c1-25(2)12-10-23-20(29)17-13-24-28-21(17)26(3)19-9-11-27(15-18(19)22(28)30)14-16-7-5-4-6-8-16/h4-8,13H,9-12,14-15H2,1-3H3,(H,23,29). The third-order valence-corrected chi connectivity index (χ3v) is 5.65. The van der Waals surface area contributed by atoms with Crippen molar-refractivity contribution in [3.8, 4) is 0 Å². The zero-order valence-corrected chi connectivity index (χ0v) is 17.8. The molecule has 0 atom stereocenters. The van der Waals surface area contributed by atoms with Crippen molar-refractivity contribution in [2.75, 3.05) is 33.7 Å². The number of carbonyl (C=O) groups excluding carboxylic acids is 1. The number of benzene rings is 1. The van der Waals surface area contributed by atoms with Crippen molar-refractivity contribution in [1.82, 2.24) is 29.3 Å². The average Bonchev–Trinajstić information content (AvgIpc) is 3.18. The maximum absolute atomic E-state index is 13.2. The topological polar surface area (TPSA) is 74.9 Å². The van der Waals surface area contributed by atoms with Gasteiger partial charge in [-0.25, -0.2) is 0 Å². The van der Waals surface area contributed by atoms with Gasteiger partial charge in [-0.2, -0.15) is 9.61 Å². The molecular formula is C22H28N6O2. The van der Waals surface area contributed by atoms with E-state index in [9.17, 15) is 9.59 Å². The highest BCUT2D eigenvalue weighted by molar-refractivity contribution is 5.99. The molecule has 0 spiro atoms. The van der Waals surface area contributed by atoms with Crippen LogP contribution in [0, 0.1) is 0 Å². The zero-order chi connectivity index (χ0) is 21.3. The fourth-order valence-corrected chi connectivity index (χ4v) is 4.06. The molecule has 8 nitrogen and oxygen atoms in total. The van der Waals surface area contributed by atoms with Gasteiger partial charge in [0.25, 0.3) is 11.5 Å². The van der Waals surface area contributed by atoms with Gasteiger partial charge in [-0.1, -0.05) is 30.3 Å². The van der Waals surface area contributed by atoms with Gasteiger partial charge in [0.05, 0.1) is 11.8 Å². The Morgan fingerprint density at radius 3 is 2.73 bits per heavy atom. The number of carbonyl (C=O) groups is 1. The molecule has 0 radical (unpaired) electrons. The van der Waals surface area contributed by atoms with Crippen molar-refractivity contribution in [3.63, 3.8) is 0 Å². The van der Waals surface area contributed by atoms with Gasteiger partial charge >= 0.3 is 0 Å². The molecule has 0 bridgehead atoms. The number of amides is 1. The molecule has 0 unspecified atom stereocenters. The second kappa shape index (κ2) is 8.41. The smallest absolute Gasteiger partial charge is 0.279 e. The summed E-state index contributed by atoms with van der Waals surface area (Å²) in [6.07, 6.45) is 2.26.